The minimum Gasteiger partial charge on any atom is -0.489 e. The van der Waals surface area contributed by atoms with Gasteiger partial charge in [0.2, 0.25) is 5.91 Å². The fourth-order valence-corrected chi connectivity index (χ4v) is 4.73. The molecule has 198 valence electrons. The first-order chi connectivity index (χ1) is 18.4. The van der Waals surface area contributed by atoms with Gasteiger partial charge in [-0.1, -0.05) is 54.9 Å². The van der Waals surface area contributed by atoms with Gasteiger partial charge in [-0.05, 0) is 60.6 Å². The number of carbonyl (C=O) groups excluding carboxylic acids is 2. The van der Waals surface area contributed by atoms with E-state index >= 15 is 0 Å². The maximum Gasteiger partial charge on any atom is 0.257 e. The number of piperazine rings is 1. The zero-order valence-electron chi connectivity index (χ0n) is 21.3. The van der Waals surface area contributed by atoms with Crippen LogP contribution in [0, 0.1) is 0 Å². The fourth-order valence-electron chi connectivity index (χ4n) is 4.22. The van der Waals surface area contributed by atoms with Gasteiger partial charge >= 0.3 is 0 Å². The zero-order chi connectivity index (χ0) is 26.9. The summed E-state index contributed by atoms with van der Waals surface area (Å²) >= 11 is 11.9. The third kappa shape index (κ3) is 7.46. The van der Waals surface area contributed by atoms with E-state index in [1.165, 1.54) is 0 Å². The molecule has 0 spiro atoms. The molecule has 0 radical (unpaired) electrons. The van der Waals surface area contributed by atoms with Crippen LogP contribution in [-0.4, -0.2) is 48.0 Å². The van der Waals surface area contributed by atoms with Crippen molar-refractivity contribution >= 4 is 52.1 Å². The van der Waals surface area contributed by atoms with Crippen LogP contribution < -0.4 is 20.3 Å². The Hall–Kier alpha value is -3.62. The maximum atomic E-state index is 12.8. The molecule has 1 aliphatic heterocycles. The summed E-state index contributed by atoms with van der Waals surface area (Å²) in [6, 6.07) is 22.4. The van der Waals surface area contributed by atoms with E-state index in [9.17, 15) is 9.59 Å². The number of hydrogen-bond donors (Lipinski definition) is 2. The van der Waals surface area contributed by atoms with Crippen molar-refractivity contribution in [3.05, 3.63) is 88.9 Å². The first-order valence-electron chi connectivity index (χ1n) is 12.6. The van der Waals surface area contributed by atoms with Gasteiger partial charge in [-0.15, -0.1) is 0 Å². The van der Waals surface area contributed by atoms with Crippen LogP contribution in [0.15, 0.2) is 72.8 Å². The number of anilines is 2. The summed E-state index contributed by atoms with van der Waals surface area (Å²) in [6.07, 6.45) is 1.45. The second-order valence-electron chi connectivity index (χ2n) is 8.99. The van der Waals surface area contributed by atoms with Gasteiger partial charge in [0.1, 0.15) is 12.4 Å². The van der Waals surface area contributed by atoms with E-state index in [-0.39, 0.29) is 16.9 Å². The molecule has 0 aromatic heterocycles. The molecular formula is C29H31ClN4O3S. The Morgan fingerprint density at radius 3 is 2.45 bits per heavy atom. The van der Waals surface area contributed by atoms with Gasteiger partial charge in [0.05, 0.1) is 10.7 Å². The van der Waals surface area contributed by atoms with Gasteiger partial charge in [0, 0.05) is 43.9 Å². The van der Waals surface area contributed by atoms with Crippen LogP contribution in [0.1, 0.15) is 35.7 Å². The van der Waals surface area contributed by atoms with Crippen LogP contribution in [0.25, 0.3) is 0 Å². The first kappa shape index (κ1) is 27.4. The number of thiocarbonyl (C=S) groups is 1. The highest BCUT2D eigenvalue weighted by Gasteiger charge is 2.22. The molecule has 38 heavy (non-hydrogen) atoms. The molecule has 0 unspecified atom stereocenters. The van der Waals surface area contributed by atoms with Gasteiger partial charge < -0.3 is 19.9 Å². The summed E-state index contributed by atoms with van der Waals surface area (Å²) in [5, 5.41) is 6.46. The Morgan fingerprint density at radius 2 is 1.74 bits per heavy atom. The number of rotatable bonds is 8. The molecule has 0 atom stereocenters. The number of nitrogens with one attached hydrogen (secondary N) is 2. The van der Waals surface area contributed by atoms with E-state index < -0.39 is 0 Å². The monoisotopic (exact) mass is 550 g/mol. The van der Waals surface area contributed by atoms with Crippen molar-refractivity contribution in [3.8, 4) is 5.75 Å². The maximum absolute atomic E-state index is 12.8. The number of amides is 2. The highest BCUT2D eigenvalue weighted by Crippen LogP contribution is 2.30. The van der Waals surface area contributed by atoms with Crippen molar-refractivity contribution in [1.29, 1.82) is 0 Å². The first-order valence-corrected chi connectivity index (χ1v) is 13.4. The number of carbonyl (C=O) groups is 2. The predicted octanol–water partition coefficient (Wildman–Crippen LogP) is 5.49. The lowest BCUT2D eigenvalue weighted by Gasteiger charge is -2.36. The summed E-state index contributed by atoms with van der Waals surface area (Å²) < 4.78 is 5.82. The lowest BCUT2D eigenvalue weighted by atomic mass is 10.2. The quantitative estimate of drug-likeness (QED) is 0.361. The molecule has 0 saturated carbocycles. The summed E-state index contributed by atoms with van der Waals surface area (Å²) in [4.78, 5) is 29.0. The van der Waals surface area contributed by atoms with Gasteiger partial charge in [0.15, 0.2) is 5.11 Å². The molecule has 2 N–H and O–H groups in total. The van der Waals surface area contributed by atoms with Gasteiger partial charge in [-0.2, -0.15) is 0 Å². The molecule has 0 aliphatic carbocycles. The van der Waals surface area contributed by atoms with Crippen LogP contribution in [0.4, 0.5) is 11.4 Å². The van der Waals surface area contributed by atoms with E-state index in [0.29, 0.717) is 48.1 Å². The SMILES string of the molecule is CCCC(=O)N1CCN(c2ccc(NC(=S)NC(=O)c3cccc(OCc4ccccc4)c3)cc2Cl)CC1. The average molecular weight is 551 g/mol. The van der Waals surface area contributed by atoms with Gasteiger partial charge in [-0.3, -0.25) is 14.9 Å². The molecule has 0 bridgehead atoms. The van der Waals surface area contributed by atoms with Crippen molar-refractivity contribution in [2.45, 2.75) is 26.4 Å². The normalized spacial score (nSPS) is 13.1. The van der Waals surface area contributed by atoms with Gasteiger partial charge in [-0.25, -0.2) is 0 Å². The molecule has 3 aromatic rings. The third-order valence-electron chi connectivity index (χ3n) is 6.21. The molecule has 4 rings (SSSR count). The van der Waals surface area contributed by atoms with E-state index in [1.54, 1.807) is 24.3 Å². The molecule has 1 saturated heterocycles. The average Bonchev–Trinajstić information content (AvgIpc) is 2.93. The summed E-state index contributed by atoms with van der Waals surface area (Å²) in [7, 11) is 0. The summed E-state index contributed by atoms with van der Waals surface area (Å²) in [6.45, 7) is 5.25. The Morgan fingerprint density at radius 1 is 0.974 bits per heavy atom. The van der Waals surface area contributed by atoms with Crippen molar-refractivity contribution in [1.82, 2.24) is 10.2 Å². The predicted molar refractivity (Wildman–Crippen MR) is 156 cm³/mol. The Balaban J connectivity index is 1.29. The number of ether oxygens (including phenoxy) is 1. The molecule has 7 nitrogen and oxygen atoms in total. The van der Waals surface area contributed by atoms with E-state index in [1.807, 2.05) is 60.4 Å². The zero-order valence-corrected chi connectivity index (χ0v) is 22.9. The second-order valence-corrected chi connectivity index (χ2v) is 9.81. The van der Waals surface area contributed by atoms with Crippen molar-refractivity contribution in [2.75, 3.05) is 36.4 Å². The van der Waals surface area contributed by atoms with Crippen LogP contribution in [0.3, 0.4) is 0 Å². The second kappa shape index (κ2) is 13.3. The highest BCUT2D eigenvalue weighted by atomic mass is 35.5. The van der Waals surface area contributed by atoms with Crippen LogP contribution in [0.5, 0.6) is 5.75 Å². The van der Waals surface area contributed by atoms with E-state index in [0.717, 1.165) is 30.8 Å². The molecule has 1 heterocycles. The summed E-state index contributed by atoms with van der Waals surface area (Å²) in [5.74, 6) is 0.462. The van der Waals surface area contributed by atoms with Crippen molar-refractivity contribution in [2.24, 2.45) is 0 Å². The standard InChI is InChI=1S/C29H31ClN4O3S/c1-2-7-27(35)34-16-14-33(15-17-34)26-13-12-23(19-25(26)30)31-29(38)32-28(36)22-10-6-11-24(18-22)37-20-21-8-4-3-5-9-21/h3-6,8-13,18-19H,2,7,14-17,20H2,1H3,(H2,31,32,36,38). The van der Waals surface area contributed by atoms with E-state index in [2.05, 4.69) is 15.5 Å². The topological polar surface area (TPSA) is 73.9 Å². The highest BCUT2D eigenvalue weighted by molar-refractivity contribution is 7.80. The number of halogens is 1. The van der Waals surface area contributed by atoms with Crippen molar-refractivity contribution in [3.63, 3.8) is 0 Å². The molecule has 1 fully saturated rings. The number of nitrogens with zero attached hydrogens (tertiary/aromatic N) is 2. The van der Waals surface area contributed by atoms with Gasteiger partial charge in [0.25, 0.3) is 5.91 Å². The lowest BCUT2D eigenvalue weighted by Crippen LogP contribution is -2.48. The Bertz CT molecular complexity index is 1280. The molecule has 1 aliphatic rings. The lowest BCUT2D eigenvalue weighted by molar-refractivity contribution is -0.131. The largest absolute Gasteiger partial charge is 0.489 e. The number of benzene rings is 3. The van der Waals surface area contributed by atoms with Crippen LogP contribution in [-0.2, 0) is 11.4 Å². The van der Waals surface area contributed by atoms with Crippen LogP contribution in [0.2, 0.25) is 5.02 Å². The third-order valence-corrected chi connectivity index (χ3v) is 6.72. The van der Waals surface area contributed by atoms with E-state index in [4.69, 9.17) is 28.6 Å². The fraction of sp³-hybridized carbons (Fsp3) is 0.276. The molecular weight excluding hydrogens is 520 g/mol. The van der Waals surface area contributed by atoms with Crippen molar-refractivity contribution < 1.29 is 14.3 Å². The minimum absolute atomic E-state index is 0.164. The number of hydrogen-bond acceptors (Lipinski definition) is 5. The molecule has 2 amide bonds. The minimum atomic E-state index is -0.342. The van der Waals surface area contributed by atoms with Crippen LogP contribution >= 0.6 is 23.8 Å². The molecule has 3 aromatic carbocycles. The smallest absolute Gasteiger partial charge is 0.257 e. The Labute approximate surface area is 233 Å². The Kier molecular flexibility index (Phi) is 9.56. The summed E-state index contributed by atoms with van der Waals surface area (Å²) in [5.41, 5.74) is 3.05. The molecule has 9 heteroatoms.